The third kappa shape index (κ3) is 16.4. The number of carbonyl (C=O) groups excluding carboxylic acids is 1. The van der Waals surface area contributed by atoms with Gasteiger partial charge < -0.3 is 80.3 Å². The second kappa shape index (κ2) is 17.1. The molecule has 0 saturated heterocycles. The van der Waals surface area contributed by atoms with Gasteiger partial charge in [0, 0.05) is 0 Å². The summed E-state index contributed by atoms with van der Waals surface area (Å²) in [5, 5.41) is 57.9. The number of aliphatic hydroxyl groups is 6. The van der Waals surface area contributed by atoms with Crippen LogP contribution in [0.2, 0.25) is 0 Å². The van der Waals surface area contributed by atoms with Gasteiger partial charge in [0.2, 0.25) is 0 Å². The topological polar surface area (TPSA) is 484 Å². The second-order valence-corrected chi connectivity index (χ2v) is 18.1. The average molecular weight is 825 g/mol. The lowest BCUT2D eigenvalue weighted by Gasteiger charge is -2.46. The predicted octanol–water partition coefficient (Wildman–Crippen LogP) is -4.23. The van der Waals surface area contributed by atoms with Crippen LogP contribution >= 0.6 is 58.7 Å². The Balaban J connectivity index is 0.000000892. The van der Waals surface area contributed by atoms with E-state index in [4.69, 9.17) is 44.9 Å². The fraction of sp³-hybridized carbons (Fsp3) is 0.909. The normalized spacial score (nSPS) is 31.5. The molecule has 0 bridgehead atoms. The molecule has 28 nitrogen and oxygen atoms in total. The Labute approximate surface area is 259 Å². The van der Waals surface area contributed by atoms with Crippen molar-refractivity contribution in [3.05, 3.63) is 0 Å². The Hall–Kier alpha value is 0.400. The van der Waals surface area contributed by atoms with E-state index in [1.807, 2.05) is 0 Å². The van der Waals surface area contributed by atoms with Crippen molar-refractivity contribution in [1.82, 2.24) is 0 Å². The highest BCUT2D eigenvalue weighted by atomic mass is 32.2. The van der Waals surface area contributed by atoms with Crippen LogP contribution in [0, 0.1) is 0 Å². The number of hydrogen-bond donors (Lipinski definition) is 15. The first-order valence-corrected chi connectivity index (χ1v) is 21.2. The van der Waals surface area contributed by atoms with Crippen LogP contribution < -0.4 is 5.73 Å². The third-order valence-electron chi connectivity index (χ3n) is 4.43. The first kappa shape index (κ1) is 46.4. The van der Waals surface area contributed by atoms with Gasteiger partial charge in [-0.3, -0.25) is 4.79 Å². The summed E-state index contributed by atoms with van der Waals surface area (Å²) < 4.78 is 85.0. The van der Waals surface area contributed by atoms with Gasteiger partial charge in [-0.25, -0.2) is 27.4 Å². The molecule has 0 aliphatic heterocycles. The lowest BCUT2D eigenvalue weighted by molar-refractivity contribution is -0.348. The maximum absolute atomic E-state index is 11.7. The lowest BCUT2D eigenvalue weighted by atomic mass is 9.82. The van der Waals surface area contributed by atoms with Crippen LogP contribution in [0.15, 0.2) is 0 Å². The number of ether oxygens (including phenoxy) is 1. The van der Waals surface area contributed by atoms with Crippen LogP contribution in [0.4, 0.5) is 0 Å². The van der Waals surface area contributed by atoms with Crippen molar-refractivity contribution < 1.29 is 128 Å². The highest BCUT2D eigenvalue weighted by Gasteiger charge is 2.60. The van der Waals surface area contributed by atoms with Crippen molar-refractivity contribution in [3.8, 4) is 0 Å². The molecule has 0 aromatic carbocycles. The van der Waals surface area contributed by atoms with E-state index in [0.717, 1.165) is 0 Å². The molecular weight excluding hydrogens is 796 g/mol. The molecule has 0 radical (unpaired) electrons. The van der Waals surface area contributed by atoms with E-state index in [0.29, 0.717) is 5.75 Å². The van der Waals surface area contributed by atoms with E-state index in [2.05, 4.69) is 26.3 Å². The molecule has 0 aromatic heterocycles. The Morgan fingerprint density at radius 3 is 1.26 bits per heavy atom. The maximum Gasteiger partial charge on any atom is 0.490 e. The maximum atomic E-state index is 11.7. The zero-order chi connectivity index (χ0) is 36.9. The third-order valence-corrected chi connectivity index (χ3v) is 13.4. The molecule has 1 saturated carbocycles. The zero-order valence-corrected chi connectivity index (χ0v) is 28.3. The minimum Gasteiger partial charge on any atom is -0.426 e. The highest BCUT2D eigenvalue weighted by Crippen LogP contribution is 2.74. The largest absolute Gasteiger partial charge is 0.490 e. The van der Waals surface area contributed by atoms with Crippen molar-refractivity contribution in [3.63, 3.8) is 0 Å². The summed E-state index contributed by atoms with van der Waals surface area (Å²) in [4.78, 5) is 79.8. The second-order valence-electron chi connectivity index (χ2n) is 8.19. The standard InChI is InChI=1S/C11H21NO8S.H8O19P6/c1-21-3-2-4(12)10(18)20-11(19)8(16)6(14)5(13)7(15)9(11)17;1-20(2,3)15-22(7,8)17-24(11,12)19-25(13,14)18-23(9,10)16-21(4,5)6/h4-9,13-17,19H,2-3,12H2,1H3;(H,7,8)(H,9,10)(H,11,12)(H,13,14)(H2,1,2,3)(H2,4,5,6)/t4-,5-,6-,7+,8+,9+,11-;/m0./s1. The Bertz CT molecular complexity index is 1250. The van der Waals surface area contributed by atoms with Crippen LogP contribution in [-0.4, -0.2) is 130 Å². The number of phosphoric acid groups is 6. The lowest BCUT2D eigenvalue weighted by Crippen LogP contribution is -2.72. The summed E-state index contributed by atoms with van der Waals surface area (Å²) >= 11 is 1.43. The number of rotatable bonds is 15. The van der Waals surface area contributed by atoms with Gasteiger partial charge in [0.05, 0.1) is 0 Å². The number of aliphatic hydroxyl groups excluding tert-OH is 5. The van der Waals surface area contributed by atoms with Gasteiger partial charge in [0.25, 0.3) is 5.79 Å². The number of nitrogens with two attached hydrogens (primary N) is 1. The average Bonchev–Trinajstić information content (AvgIpc) is 2.78. The van der Waals surface area contributed by atoms with Gasteiger partial charge in [-0.1, -0.05) is 0 Å². The van der Waals surface area contributed by atoms with E-state index in [9.17, 15) is 62.8 Å². The molecule has 0 amide bonds. The first-order chi connectivity index (χ1) is 20.2. The Morgan fingerprint density at radius 1 is 0.674 bits per heavy atom. The zero-order valence-electron chi connectivity index (χ0n) is 22.1. The van der Waals surface area contributed by atoms with Gasteiger partial charge in [0.15, 0.2) is 12.2 Å². The number of esters is 1. The minimum absolute atomic E-state index is 0.232. The molecule has 0 aromatic rings. The molecule has 0 spiro atoms. The minimum atomic E-state index is -6.26. The van der Waals surface area contributed by atoms with Gasteiger partial charge in [0.1, 0.15) is 24.4 Å². The van der Waals surface area contributed by atoms with Crippen molar-refractivity contribution >= 4 is 64.7 Å². The summed E-state index contributed by atoms with van der Waals surface area (Å²) in [6.07, 6.45) is -8.30. The molecule has 1 fully saturated rings. The molecule has 16 N–H and O–H groups in total. The molecule has 1 rings (SSSR count). The number of thioether (sulfide) groups is 1. The van der Waals surface area contributed by atoms with E-state index in [-0.39, 0.29) is 6.42 Å². The fourth-order valence-corrected chi connectivity index (χ4v) is 10.00. The van der Waals surface area contributed by atoms with Crippen LogP contribution in [0.25, 0.3) is 0 Å². The fourth-order valence-electron chi connectivity index (χ4n) is 2.68. The highest BCUT2D eigenvalue weighted by molar-refractivity contribution is 7.98. The SMILES string of the molecule is CSCC[C@H](N)C(=O)O[C@]1(O)[C@H](O)[C@H](O)[C@@H](O)[C@H](O)[C@H]1O.O=P(O)(O)OP(=O)(O)OP(=O)(O)OP(=O)(O)OP(=O)(O)OP(=O)(O)O. The van der Waals surface area contributed by atoms with E-state index in [1.54, 1.807) is 6.26 Å². The van der Waals surface area contributed by atoms with E-state index in [1.165, 1.54) is 11.8 Å². The monoisotopic (exact) mass is 825 g/mol. The molecular formula is C11H29NO27P6S. The summed E-state index contributed by atoms with van der Waals surface area (Å²) in [7, 11) is -36.2. The summed E-state index contributed by atoms with van der Waals surface area (Å²) in [6.45, 7) is 0. The number of carbonyl (C=O) groups is 1. The van der Waals surface area contributed by atoms with Crippen molar-refractivity contribution in [2.24, 2.45) is 5.73 Å². The van der Waals surface area contributed by atoms with Gasteiger partial charge in [-0.05, 0) is 18.4 Å². The summed E-state index contributed by atoms with van der Waals surface area (Å²) in [6, 6.07) is -1.11. The molecule has 1 aliphatic rings. The van der Waals surface area contributed by atoms with Crippen LogP contribution in [0.5, 0.6) is 0 Å². The summed E-state index contributed by atoms with van der Waals surface area (Å²) in [5.41, 5.74) is 5.53. The van der Waals surface area contributed by atoms with Crippen LogP contribution in [0.1, 0.15) is 6.42 Å². The van der Waals surface area contributed by atoms with Crippen LogP contribution in [0.3, 0.4) is 0 Å². The van der Waals surface area contributed by atoms with Crippen molar-refractivity contribution in [2.45, 2.75) is 48.8 Å². The first-order valence-electron chi connectivity index (χ1n) is 10.8. The predicted molar refractivity (Wildman–Crippen MR) is 141 cm³/mol. The van der Waals surface area contributed by atoms with Gasteiger partial charge >= 0.3 is 52.9 Å². The van der Waals surface area contributed by atoms with Gasteiger partial charge in [-0.15, -0.1) is 0 Å². The molecule has 0 heterocycles. The Morgan fingerprint density at radius 2 is 0.978 bits per heavy atom. The summed E-state index contributed by atoms with van der Waals surface area (Å²) in [5.74, 6) is -3.53. The molecule has 1 aliphatic carbocycles. The van der Waals surface area contributed by atoms with Crippen molar-refractivity contribution in [2.75, 3.05) is 12.0 Å². The Kier molecular flexibility index (Phi) is 17.2. The van der Waals surface area contributed by atoms with E-state index >= 15 is 0 Å². The molecule has 4 unspecified atom stereocenters. The molecule has 46 heavy (non-hydrogen) atoms. The quantitative estimate of drug-likeness (QED) is 0.0422. The van der Waals surface area contributed by atoms with E-state index < -0.39 is 95.3 Å². The van der Waals surface area contributed by atoms with Crippen molar-refractivity contribution in [1.29, 1.82) is 0 Å². The smallest absolute Gasteiger partial charge is 0.426 e. The molecule has 35 heteroatoms. The number of hydrogen-bond acceptors (Lipinski definition) is 21. The van der Waals surface area contributed by atoms with Crippen LogP contribution in [-0.2, 0) is 58.5 Å². The molecule has 11 atom stereocenters. The van der Waals surface area contributed by atoms with Gasteiger partial charge in [-0.2, -0.15) is 33.3 Å². The molecule has 276 valence electrons.